The van der Waals surface area contributed by atoms with E-state index in [1.807, 2.05) is 12.1 Å². The molecule has 6 heteroatoms. The van der Waals surface area contributed by atoms with E-state index < -0.39 is 0 Å². The molecule has 1 aliphatic heterocycles. The Balaban J connectivity index is 1.90. The van der Waals surface area contributed by atoms with Crippen LogP contribution in [0.15, 0.2) is 12.1 Å². The van der Waals surface area contributed by atoms with E-state index in [0.29, 0.717) is 11.8 Å². The fourth-order valence-electron chi connectivity index (χ4n) is 2.90. The zero-order chi connectivity index (χ0) is 14.1. The lowest BCUT2D eigenvalue weighted by Crippen LogP contribution is -2.21. The second-order valence-electron chi connectivity index (χ2n) is 5.31. The summed E-state index contributed by atoms with van der Waals surface area (Å²) in [5, 5.41) is 0. The van der Waals surface area contributed by atoms with E-state index in [2.05, 4.69) is 26.4 Å². The number of nitrogens with zero attached hydrogens (tertiary/aromatic N) is 3. The summed E-state index contributed by atoms with van der Waals surface area (Å²) in [5.41, 5.74) is 1.87. The number of likely N-dealkylation sites (tertiary alicyclic amines) is 1. The van der Waals surface area contributed by atoms with E-state index in [1.54, 1.807) is 7.11 Å². The molecule has 1 saturated heterocycles. The summed E-state index contributed by atoms with van der Waals surface area (Å²) in [7, 11) is 1.63. The summed E-state index contributed by atoms with van der Waals surface area (Å²) < 4.78 is 8.06. The highest BCUT2D eigenvalue weighted by atomic mass is 32.1. The van der Waals surface area contributed by atoms with Crippen LogP contribution in [-0.2, 0) is 6.54 Å². The summed E-state index contributed by atoms with van der Waals surface area (Å²) in [6.07, 6.45) is 1.23. The third-order valence-corrected chi connectivity index (χ3v) is 4.38. The predicted octanol–water partition coefficient (Wildman–Crippen LogP) is 2.44. The topological polar surface area (TPSA) is 46.1 Å². The lowest BCUT2D eigenvalue weighted by Gasteiger charge is -2.13. The largest absolute Gasteiger partial charge is 0.481 e. The first-order valence-electron chi connectivity index (χ1n) is 7.07. The Kier molecular flexibility index (Phi) is 3.76. The van der Waals surface area contributed by atoms with Crippen LogP contribution in [0.1, 0.15) is 13.3 Å². The van der Waals surface area contributed by atoms with Crippen molar-refractivity contribution in [3.05, 3.63) is 16.9 Å². The number of imidazole rings is 1. The Labute approximate surface area is 123 Å². The molecule has 20 heavy (non-hydrogen) atoms. The van der Waals surface area contributed by atoms with Crippen molar-refractivity contribution in [3.8, 4) is 5.88 Å². The maximum Gasteiger partial charge on any atom is 0.215 e. The number of rotatable bonds is 4. The van der Waals surface area contributed by atoms with E-state index in [-0.39, 0.29) is 0 Å². The SMILES string of the molecule is CCN1CCC(Cn2c(=S)[nH]c3ccc(OC)nc32)C1. The van der Waals surface area contributed by atoms with Crippen molar-refractivity contribution < 1.29 is 4.74 Å². The molecule has 0 spiro atoms. The number of H-pyrrole nitrogens is 1. The Morgan fingerprint density at radius 1 is 1.50 bits per heavy atom. The molecule has 3 heterocycles. The van der Waals surface area contributed by atoms with Crippen LogP contribution in [0.4, 0.5) is 0 Å². The van der Waals surface area contributed by atoms with Gasteiger partial charge < -0.3 is 19.2 Å². The number of aromatic nitrogens is 3. The van der Waals surface area contributed by atoms with E-state index in [4.69, 9.17) is 17.0 Å². The zero-order valence-corrected chi connectivity index (χ0v) is 12.7. The maximum absolute atomic E-state index is 5.44. The van der Waals surface area contributed by atoms with Gasteiger partial charge in [0.05, 0.1) is 12.6 Å². The molecular weight excluding hydrogens is 272 g/mol. The molecule has 3 rings (SSSR count). The van der Waals surface area contributed by atoms with Crippen molar-refractivity contribution >= 4 is 23.4 Å². The first-order chi connectivity index (χ1) is 9.71. The Bertz CT molecular complexity index is 663. The van der Waals surface area contributed by atoms with Gasteiger partial charge in [-0.15, -0.1) is 0 Å². The number of hydrogen-bond acceptors (Lipinski definition) is 4. The van der Waals surface area contributed by atoms with Crippen LogP contribution in [0, 0.1) is 10.7 Å². The molecule has 2 aromatic heterocycles. The molecule has 1 N–H and O–H groups in total. The number of pyridine rings is 1. The molecule has 0 amide bonds. The second-order valence-corrected chi connectivity index (χ2v) is 5.70. The molecule has 1 fully saturated rings. The number of aromatic amines is 1. The lowest BCUT2D eigenvalue weighted by molar-refractivity contribution is 0.333. The number of hydrogen-bond donors (Lipinski definition) is 1. The fourth-order valence-corrected chi connectivity index (χ4v) is 3.17. The van der Waals surface area contributed by atoms with E-state index in [0.717, 1.165) is 35.6 Å². The molecule has 1 atom stereocenters. The van der Waals surface area contributed by atoms with Crippen LogP contribution in [-0.4, -0.2) is 46.2 Å². The van der Waals surface area contributed by atoms with Crippen molar-refractivity contribution in [3.63, 3.8) is 0 Å². The molecule has 0 aliphatic carbocycles. The predicted molar refractivity (Wildman–Crippen MR) is 81.7 cm³/mol. The van der Waals surface area contributed by atoms with Gasteiger partial charge in [0.1, 0.15) is 0 Å². The van der Waals surface area contributed by atoms with Gasteiger partial charge in [0, 0.05) is 19.2 Å². The van der Waals surface area contributed by atoms with Gasteiger partial charge in [0.2, 0.25) is 5.88 Å². The van der Waals surface area contributed by atoms with Gasteiger partial charge in [-0.3, -0.25) is 0 Å². The first-order valence-corrected chi connectivity index (χ1v) is 7.48. The van der Waals surface area contributed by atoms with Crippen molar-refractivity contribution in [2.45, 2.75) is 19.9 Å². The van der Waals surface area contributed by atoms with Gasteiger partial charge in [-0.05, 0) is 43.7 Å². The van der Waals surface area contributed by atoms with Gasteiger partial charge in [-0.1, -0.05) is 6.92 Å². The highest BCUT2D eigenvalue weighted by molar-refractivity contribution is 7.71. The summed E-state index contributed by atoms with van der Waals surface area (Å²) >= 11 is 5.44. The average molecular weight is 292 g/mol. The Hall–Kier alpha value is -1.40. The van der Waals surface area contributed by atoms with Crippen LogP contribution >= 0.6 is 12.2 Å². The third-order valence-electron chi connectivity index (χ3n) is 4.06. The van der Waals surface area contributed by atoms with Crippen LogP contribution in [0.3, 0.4) is 0 Å². The molecule has 1 aliphatic rings. The molecule has 5 nitrogen and oxygen atoms in total. The van der Waals surface area contributed by atoms with Crippen LogP contribution in [0.2, 0.25) is 0 Å². The standard InChI is InChI=1S/C14H20N4OS/c1-3-17-7-6-10(8-17)9-18-13-11(15-14(18)20)4-5-12(16-13)19-2/h4-5,10H,3,6-9H2,1-2H3,(H,15,20). The van der Waals surface area contributed by atoms with E-state index in [1.165, 1.54) is 13.0 Å². The highest BCUT2D eigenvalue weighted by Gasteiger charge is 2.22. The van der Waals surface area contributed by atoms with Crippen LogP contribution in [0.5, 0.6) is 5.88 Å². The van der Waals surface area contributed by atoms with Crippen molar-refractivity contribution in [1.29, 1.82) is 0 Å². The van der Waals surface area contributed by atoms with Gasteiger partial charge in [0.15, 0.2) is 10.4 Å². The van der Waals surface area contributed by atoms with Gasteiger partial charge in [-0.2, -0.15) is 4.98 Å². The molecular formula is C14H20N4OS. The van der Waals surface area contributed by atoms with Gasteiger partial charge >= 0.3 is 0 Å². The summed E-state index contributed by atoms with van der Waals surface area (Å²) in [6.45, 7) is 6.60. The number of ether oxygens (including phenoxy) is 1. The second kappa shape index (κ2) is 5.54. The van der Waals surface area contributed by atoms with Crippen molar-refractivity contribution in [2.24, 2.45) is 5.92 Å². The fraction of sp³-hybridized carbons (Fsp3) is 0.571. The smallest absolute Gasteiger partial charge is 0.215 e. The lowest BCUT2D eigenvalue weighted by atomic mass is 10.1. The number of fused-ring (bicyclic) bond motifs is 1. The van der Waals surface area contributed by atoms with Gasteiger partial charge in [-0.25, -0.2) is 0 Å². The van der Waals surface area contributed by atoms with Crippen LogP contribution in [0.25, 0.3) is 11.2 Å². The molecule has 0 aromatic carbocycles. The normalized spacial score (nSPS) is 19.8. The van der Waals surface area contributed by atoms with Crippen molar-refractivity contribution in [1.82, 2.24) is 19.4 Å². The van der Waals surface area contributed by atoms with Gasteiger partial charge in [0.25, 0.3) is 0 Å². The zero-order valence-electron chi connectivity index (χ0n) is 11.9. The average Bonchev–Trinajstić information content (AvgIpc) is 3.04. The molecule has 108 valence electrons. The molecule has 1 unspecified atom stereocenters. The molecule has 0 radical (unpaired) electrons. The minimum Gasteiger partial charge on any atom is -0.481 e. The summed E-state index contributed by atoms with van der Waals surface area (Å²) in [4.78, 5) is 10.2. The number of methoxy groups -OCH3 is 1. The summed E-state index contributed by atoms with van der Waals surface area (Å²) in [5.74, 6) is 1.27. The Morgan fingerprint density at radius 3 is 3.05 bits per heavy atom. The third kappa shape index (κ3) is 2.45. The molecule has 0 bridgehead atoms. The monoisotopic (exact) mass is 292 g/mol. The highest BCUT2D eigenvalue weighted by Crippen LogP contribution is 2.22. The van der Waals surface area contributed by atoms with Crippen LogP contribution < -0.4 is 4.74 Å². The quantitative estimate of drug-likeness (QED) is 0.879. The number of nitrogens with one attached hydrogen (secondary N) is 1. The maximum atomic E-state index is 5.44. The minimum atomic E-state index is 0.627. The first kappa shape index (κ1) is 13.6. The Morgan fingerprint density at radius 2 is 2.35 bits per heavy atom. The van der Waals surface area contributed by atoms with E-state index >= 15 is 0 Å². The minimum absolute atomic E-state index is 0.627. The molecule has 2 aromatic rings. The van der Waals surface area contributed by atoms with E-state index in [9.17, 15) is 0 Å². The molecule has 0 saturated carbocycles. The summed E-state index contributed by atoms with van der Waals surface area (Å²) in [6, 6.07) is 3.83. The van der Waals surface area contributed by atoms with Crippen molar-refractivity contribution in [2.75, 3.05) is 26.7 Å².